The molecule has 3 rings (SSSR count). The normalized spacial score (nSPS) is 14.3. The van der Waals surface area contributed by atoms with Gasteiger partial charge in [0.2, 0.25) is 0 Å². The molecule has 0 unspecified atom stereocenters. The van der Waals surface area contributed by atoms with Crippen LogP contribution in [0.1, 0.15) is 18.5 Å². The summed E-state index contributed by atoms with van der Waals surface area (Å²) in [5.41, 5.74) is 1.95. The number of benzene rings is 1. The molecule has 1 heterocycles. The number of hydrogen-bond donors (Lipinski definition) is 1. The van der Waals surface area contributed by atoms with Crippen molar-refractivity contribution in [3.05, 3.63) is 42.2 Å². The second-order valence-corrected chi connectivity index (χ2v) is 6.79. The van der Waals surface area contributed by atoms with E-state index in [2.05, 4.69) is 20.3 Å². The zero-order valence-electron chi connectivity index (χ0n) is 16.4. The molecule has 1 aliphatic rings. The van der Waals surface area contributed by atoms with Gasteiger partial charge in [-0.1, -0.05) is 0 Å². The maximum Gasteiger partial charge on any atom is 0.193 e. The Morgan fingerprint density at radius 3 is 2.74 bits per heavy atom. The first-order chi connectivity index (χ1) is 13.2. The van der Waals surface area contributed by atoms with E-state index in [0.717, 1.165) is 48.8 Å². The van der Waals surface area contributed by atoms with Gasteiger partial charge in [0.25, 0.3) is 0 Å². The lowest BCUT2D eigenvalue weighted by Gasteiger charge is -2.21. The van der Waals surface area contributed by atoms with Crippen molar-refractivity contribution in [2.75, 3.05) is 41.0 Å². The topological polar surface area (TPSA) is 63.9 Å². The summed E-state index contributed by atoms with van der Waals surface area (Å²) in [6, 6.07) is 9.83. The third-order valence-corrected chi connectivity index (χ3v) is 4.60. The van der Waals surface area contributed by atoms with Gasteiger partial charge in [0.1, 0.15) is 5.75 Å². The van der Waals surface area contributed by atoms with E-state index in [0.29, 0.717) is 6.54 Å². The van der Waals surface area contributed by atoms with Gasteiger partial charge in [0.05, 0.1) is 31.6 Å². The molecular formula is C20H29N5O2. The Balaban J connectivity index is 1.46. The van der Waals surface area contributed by atoms with Gasteiger partial charge in [0.15, 0.2) is 5.96 Å². The van der Waals surface area contributed by atoms with E-state index >= 15 is 0 Å². The Bertz CT molecular complexity index is 737. The summed E-state index contributed by atoms with van der Waals surface area (Å²) >= 11 is 0. The minimum Gasteiger partial charge on any atom is -0.497 e. The minimum absolute atomic E-state index is 0.614. The molecule has 1 fully saturated rings. The van der Waals surface area contributed by atoms with E-state index in [-0.39, 0.29) is 0 Å². The van der Waals surface area contributed by atoms with Crippen molar-refractivity contribution in [2.45, 2.75) is 19.4 Å². The fraction of sp³-hybridized carbons (Fsp3) is 0.500. The second-order valence-electron chi connectivity index (χ2n) is 6.79. The highest BCUT2D eigenvalue weighted by atomic mass is 16.5. The van der Waals surface area contributed by atoms with Crippen molar-refractivity contribution in [3.8, 4) is 11.4 Å². The number of guanidine groups is 1. The molecule has 7 nitrogen and oxygen atoms in total. The van der Waals surface area contributed by atoms with E-state index in [1.807, 2.05) is 48.3 Å². The third kappa shape index (κ3) is 5.72. The molecule has 1 aromatic carbocycles. The number of nitrogens with zero attached hydrogens (tertiary/aromatic N) is 4. The molecule has 1 aliphatic carbocycles. The fourth-order valence-electron chi connectivity index (χ4n) is 2.73. The summed E-state index contributed by atoms with van der Waals surface area (Å²) in [6.45, 7) is 3.04. The van der Waals surface area contributed by atoms with E-state index in [9.17, 15) is 0 Å². The molecule has 0 saturated heterocycles. The Labute approximate surface area is 161 Å². The van der Waals surface area contributed by atoms with Crippen molar-refractivity contribution < 1.29 is 9.47 Å². The monoisotopic (exact) mass is 371 g/mol. The molecule has 7 heteroatoms. The van der Waals surface area contributed by atoms with Crippen LogP contribution >= 0.6 is 0 Å². The maximum atomic E-state index is 5.71. The zero-order valence-corrected chi connectivity index (χ0v) is 16.4. The largest absolute Gasteiger partial charge is 0.497 e. The fourth-order valence-corrected chi connectivity index (χ4v) is 2.73. The van der Waals surface area contributed by atoms with Crippen molar-refractivity contribution in [1.29, 1.82) is 0 Å². The van der Waals surface area contributed by atoms with Gasteiger partial charge in [-0.3, -0.25) is 4.99 Å². The van der Waals surface area contributed by atoms with Crippen molar-refractivity contribution in [2.24, 2.45) is 10.9 Å². The van der Waals surface area contributed by atoms with Crippen LogP contribution < -0.4 is 10.1 Å². The predicted molar refractivity (Wildman–Crippen MR) is 106 cm³/mol. The smallest absolute Gasteiger partial charge is 0.193 e. The molecule has 0 bridgehead atoms. The van der Waals surface area contributed by atoms with Gasteiger partial charge >= 0.3 is 0 Å². The van der Waals surface area contributed by atoms with Gasteiger partial charge in [-0.05, 0) is 49.1 Å². The molecule has 1 aromatic heterocycles. The summed E-state index contributed by atoms with van der Waals surface area (Å²) < 4.78 is 12.8. The van der Waals surface area contributed by atoms with Crippen LogP contribution in [0.4, 0.5) is 0 Å². The number of hydrogen-bond acceptors (Lipinski definition) is 4. The van der Waals surface area contributed by atoms with E-state index in [1.54, 1.807) is 14.2 Å². The van der Waals surface area contributed by atoms with Crippen LogP contribution in [0.15, 0.2) is 41.5 Å². The maximum absolute atomic E-state index is 5.71. The number of ether oxygens (including phenoxy) is 2. The van der Waals surface area contributed by atoms with E-state index < -0.39 is 0 Å². The second kappa shape index (κ2) is 9.41. The van der Waals surface area contributed by atoms with Crippen LogP contribution in [-0.2, 0) is 11.3 Å². The van der Waals surface area contributed by atoms with Crippen molar-refractivity contribution in [3.63, 3.8) is 0 Å². The van der Waals surface area contributed by atoms with Gasteiger partial charge in [-0.2, -0.15) is 5.10 Å². The van der Waals surface area contributed by atoms with Gasteiger partial charge in [0, 0.05) is 33.4 Å². The van der Waals surface area contributed by atoms with Crippen molar-refractivity contribution in [1.82, 2.24) is 20.0 Å². The summed E-state index contributed by atoms with van der Waals surface area (Å²) in [6.07, 6.45) is 4.60. The summed E-state index contributed by atoms with van der Waals surface area (Å²) in [5.74, 6) is 2.47. The highest BCUT2D eigenvalue weighted by molar-refractivity contribution is 5.79. The number of rotatable bonds is 9. The number of aromatic nitrogens is 2. The van der Waals surface area contributed by atoms with Crippen LogP contribution in [0, 0.1) is 5.92 Å². The molecular weight excluding hydrogens is 342 g/mol. The molecule has 1 N–H and O–H groups in total. The highest BCUT2D eigenvalue weighted by Gasteiger charge is 2.21. The zero-order chi connectivity index (χ0) is 19.1. The third-order valence-electron chi connectivity index (χ3n) is 4.60. The summed E-state index contributed by atoms with van der Waals surface area (Å²) in [7, 11) is 5.47. The van der Waals surface area contributed by atoms with Gasteiger partial charge in [-0.25, -0.2) is 4.68 Å². The van der Waals surface area contributed by atoms with Crippen molar-refractivity contribution >= 4 is 5.96 Å². The predicted octanol–water partition coefficient (Wildman–Crippen LogP) is 2.31. The first kappa shape index (κ1) is 19.2. The molecule has 0 atom stereocenters. The van der Waals surface area contributed by atoms with Crippen LogP contribution in [0.3, 0.4) is 0 Å². The first-order valence-corrected chi connectivity index (χ1v) is 9.38. The number of aliphatic imine (C=N–C) groups is 1. The Morgan fingerprint density at radius 1 is 1.30 bits per heavy atom. The van der Waals surface area contributed by atoms with E-state index in [4.69, 9.17) is 9.47 Å². The van der Waals surface area contributed by atoms with Gasteiger partial charge < -0.3 is 19.7 Å². The molecule has 27 heavy (non-hydrogen) atoms. The molecule has 0 spiro atoms. The van der Waals surface area contributed by atoms with Crippen LogP contribution in [0.5, 0.6) is 5.75 Å². The molecule has 0 amide bonds. The molecule has 0 radical (unpaired) electrons. The summed E-state index contributed by atoms with van der Waals surface area (Å²) in [5, 5.41) is 7.97. The lowest BCUT2D eigenvalue weighted by Crippen LogP contribution is -2.40. The van der Waals surface area contributed by atoms with Crippen LogP contribution in [0.25, 0.3) is 5.69 Å². The quantitative estimate of drug-likeness (QED) is 0.416. The van der Waals surface area contributed by atoms with E-state index in [1.165, 1.54) is 12.8 Å². The average molecular weight is 371 g/mol. The molecule has 1 saturated carbocycles. The number of methoxy groups -OCH3 is 1. The highest BCUT2D eigenvalue weighted by Crippen LogP contribution is 2.28. The average Bonchev–Trinajstić information content (AvgIpc) is 3.41. The molecule has 146 valence electrons. The Morgan fingerprint density at radius 2 is 2.07 bits per heavy atom. The number of nitrogens with one attached hydrogen (secondary N) is 1. The molecule has 0 aliphatic heterocycles. The standard InChI is InChI=1S/C20H29N5O2/c1-21-20(24(2)12-13-27-15-16-4-5-16)22-14-17-10-11-25(23-17)18-6-8-19(26-3)9-7-18/h6-11,16H,4-5,12-15H2,1-3H3,(H,21,22). The molecule has 2 aromatic rings. The first-order valence-electron chi connectivity index (χ1n) is 9.38. The van der Waals surface area contributed by atoms with Gasteiger partial charge in [-0.15, -0.1) is 0 Å². The SMILES string of the molecule is CN=C(NCc1ccn(-c2ccc(OC)cc2)n1)N(C)CCOCC1CC1. The van der Waals surface area contributed by atoms with Crippen LogP contribution in [0.2, 0.25) is 0 Å². The number of likely N-dealkylation sites (N-methyl/N-ethyl adjacent to an activating group) is 1. The summed E-state index contributed by atoms with van der Waals surface area (Å²) in [4.78, 5) is 6.42. The lowest BCUT2D eigenvalue weighted by atomic mass is 10.3. The lowest BCUT2D eigenvalue weighted by molar-refractivity contribution is 0.115. The minimum atomic E-state index is 0.614. The van der Waals surface area contributed by atoms with Crippen LogP contribution in [-0.4, -0.2) is 61.6 Å². The Hall–Kier alpha value is -2.54. The Kier molecular flexibility index (Phi) is 6.70.